The van der Waals surface area contributed by atoms with E-state index in [1.54, 1.807) is 12.1 Å². The topological polar surface area (TPSA) is 90.5 Å². The number of hydrogen-bond donors (Lipinski definition) is 1. The zero-order chi connectivity index (χ0) is 16.5. The van der Waals surface area contributed by atoms with E-state index in [1.807, 2.05) is 25.3 Å². The molecule has 3 aromatic rings. The number of nitrogens with zero attached hydrogens (tertiary/aromatic N) is 6. The highest BCUT2D eigenvalue weighted by Crippen LogP contribution is 2.16. The number of fused-ring (bicyclic) bond motifs is 1. The number of amides is 1. The van der Waals surface area contributed by atoms with E-state index < -0.39 is 0 Å². The lowest BCUT2D eigenvalue weighted by molar-refractivity contribution is 0.0927. The highest BCUT2D eigenvalue weighted by atomic mass is 16.1. The van der Waals surface area contributed by atoms with Crippen LogP contribution in [0.15, 0.2) is 36.8 Å². The first kappa shape index (κ1) is 14.6. The van der Waals surface area contributed by atoms with Crippen molar-refractivity contribution in [2.24, 2.45) is 0 Å². The molecule has 1 N–H and O–H groups in total. The molecule has 24 heavy (non-hydrogen) atoms. The maximum absolute atomic E-state index is 12.6. The average Bonchev–Trinajstić information content (AvgIpc) is 3.23. The summed E-state index contributed by atoms with van der Waals surface area (Å²) in [4.78, 5) is 17.0. The maximum atomic E-state index is 12.6. The van der Waals surface area contributed by atoms with Crippen molar-refractivity contribution < 1.29 is 4.79 Å². The lowest BCUT2D eigenvalue weighted by Crippen LogP contribution is -2.40. The van der Waals surface area contributed by atoms with Gasteiger partial charge in [-0.15, -0.1) is 5.10 Å². The molecule has 0 radical (unpaired) electrons. The molecule has 0 saturated heterocycles. The van der Waals surface area contributed by atoms with Gasteiger partial charge in [-0.2, -0.15) is 0 Å². The number of tetrazole rings is 1. The normalized spacial score (nSPS) is 16.6. The summed E-state index contributed by atoms with van der Waals surface area (Å²) in [6.45, 7) is 2.75. The first-order chi connectivity index (χ1) is 11.7. The summed E-state index contributed by atoms with van der Waals surface area (Å²) < 4.78 is 3.65. The van der Waals surface area contributed by atoms with Crippen molar-refractivity contribution in [3.63, 3.8) is 0 Å². The van der Waals surface area contributed by atoms with Crippen molar-refractivity contribution >= 4 is 5.91 Å². The molecule has 3 heterocycles. The van der Waals surface area contributed by atoms with Crippen LogP contribution in [0.2, 0.25) is 0 Å². The second-order valence-corrected chi connectivity index (χ2v) is 5.96. The van der Waals surface area contributed by atoms with Crippen LogP contribution in [-0.4, -0.2) is 41.7 Å². The Labute approximate surface area is 138 Å². The van der Waals surface area contributed by atoms with Gasteiger partial charge in [-0.25, -0.2) is 9.67 Å². The average molecular weight is 323 g/mol. The Morgan fingerprint density at radius 2 is 2.29 bits per heavy atom. The first-order valence-corrected chi connectivity index (χ1v) is 7.86. The number of benzene rings is 1. The third kappa shape index (κ3) is 2.78. The van der Waals surface area contributed by atoms with Gasteiger partial charge in [0.2, 0.25) is 0 Å². The molecule has 122 valence electrons. The standard InChI is InChI=1S/C16H17N7O/c1-11-8-22-9-13(5-6-15(22)18-11)19-16(24)12-3-2-4-14(7-12)23-10-17-20-21-23/h2-4,7-8,10,13H,5-6,9H2,1H3,(H,19,24)/t13-/m1/s1. The molecule has 2 aromatic heterocycles. The summed E-state index contributed by atoms with van der Waals surface area (Å²) in [6.07, 6.45) is 5.31. The minimum atomic E-state index is -0.0878. The van der Waals surface area contributed by atoms with Crippen LogP contribution in [0.25, 0.3) is 5.69 Å². The summed E-state index contributed by atoms with van der Waals surface area (Å²) in [6, 6.07) is 7.36. The summed E-state index contributed by atoms with van der Waals surface area (Å²) in [5.74, 6) is 1.01. The Bertz CT molecular complexity index is 868. The quantitative estimate of drug-likeness (QED) is 0.774. The lowest BCUT2D eigenvalue weighted by atomic mass is 10.1. The largest absolute Gasteiger partial charge is 0.347 e. The van der Waals surface area contributed by atoms with Crippen LogP contribution < -0.4 is 5.32 Å². The highest BCUT2D eigenvalue weighted by molar-refractivity contribution is 5.94. The third-order valence-electron chi connectivity index (χ3n) is 4.17. The van der Waals surface area contributed by atoms with Gasteiger partial charge in [0.1, 0.15) is 12.2 Å². The van der Waals surface area contributed by atoms with Gasteiger partial charge in [-0.1, -0.05) is 6.07 Å². The number of carbonyl (C=O) groups excluding carboxylic acids is 1. The molecule has 1 atom stereocenters. The molecule has 0 bridgehead atoms. The fourth-order valence-electron chi connectivity index (χ4n) is 3.04. The Kier molecular flexibility index (Phi) is 3.56. The monoisotopic (exact) mass is 323 g/mol. The van der Waals surface area contributed by atoms with E-state index >= 15 is 0 Å². The Hall–Kier alpha value is -3.03. The van der Waals surface area contributed by atoms with Crippen molar-refractivity contribution in [3.05, 3.63) is 53.9 Å². The van der Waals surface area contributed by atoms with Gasteiger partial charge in [-0.3, -0.25) is 4.79 Å². The number of aromatic nitrogens is 6. The van der Waals surface area contributed by atoms with E-state index in [0.29, 0.717) is 5.56 Å². The van der Waals surface area contributed by atoms with Crippen LogP contribution in [0.4, 0.5) is 0 Å². The summed E-state index contributed by atoms with van der Waals surface area (Å²) in [5, 5.41) is 14.2. The van der Waals surface area contributed by atoms with E-state index in [9.17, 15) is 4.79 Å². The van der Waals surface area contributed by atoms with Crippen LogP contribution in [0.3, 0.4) is 0 Å². The molecule has 1 amide bonds. The summed E-state index contributed by atoms with van der Waals surface area (Å²) in [7, 11) is 0. The van der Waals surface area contributed by atoms with Crippen LogP contribution in [0, 0.1) is 6.92 Å². The Morgan fingerprint density at radius 3 is 3.12 bits per heavy atom. The highest BCUT2D eigenvalue weighted by Gasteiger charge is 2.21. The van der Waals surface area contributed by atoms with E-state index in [1.165, 1.54) is 11.0 Å². The fraction of sp³-hybridized carbons (Fsp3) is 0.312. The number of carbonyl (C=O) groups is 1. The predicted molar refractivity (Wildman–Crippen MR) is 85.7 cm³/mol. The molecule has 1 aliphatic rings. The van der Waals surface area contributed by atoms with E-state index in [2.05, 4.69) is 30.4 Å². The van der Waals surface area contributed by atoms with Gasteiger partial charge in [0, 0.05) is 30.8 Å². The third-order valence-corrected chi connectivity index (χ3v) is 4.17. The number of hydrogen-bond acceptors (Lipinski definition) is 5. The van der Waals surface area contributed by atoms with Crippen molar-refractivity contribution in [1.29, 1.82) is 0 Å². The van der Waals surface area contributed by atoms with Gasteiger partial charge in [0.15, 0.2) is 0 Å². The van der Waals surface area contributed by atoms with E-state index in [-0.39, 0.29) is 11.9 Å². The molecule has 0 spiro atoms. The molecule has 4 rings (SSSR count). The smallest absolute Gasteiger partial charge is 0.251 e. The van der Waals surface area contributed by atoms with Gasteiger partial charge < -0.3 is 9.88 Å². The van der Waals surface area contributed by atoms with Gasteiger partial charge in [-0.05, 0) is 42.0 Å². The number of nitrogens with one attached hydrogen (secondary N) is 1. The van der Waals surface area contributed by atoms with Crippen molar-refractivity contribution in [1.82, 2.24) is 35.1 Å². The van der Waals surface area contributed by atoms with Crippen LogP contribution in [-0.2, 0) is 13.0 Å². The Balaban J connectivity index is 1.48. The zero-order valence-electron chi connectivity index (χ0n) is 13.3. The molecule has 0 aliphatic carbocycles. The van der Waals surface area contributed by atoms with Crippen molar-refractivity contribution in [2.45, 2.75) is 32.4 Å². The summed E-state index contributed by atoms with van der Waals surface area (Å²) in [5.41, 5.74) is 2.37. The van der Waals surface area contributed by atoms with E-state index in [0.717, 1.165) is 36.6 Å². The number of aryl methyl sites for hydroxylation is 2. The number of rotatable bonds is 3. The molecular weight excluding hydrogens is 306 g/mol. The van der Waals surface area contributed by atoms with Crippen molar-refractivity contribution in [3.8, 4) is 5.69 Å². The lowest BCUT2D eigenvalue weighted by Gasteiger charge is -2.24. The number of imidazole rings is 1. The SMILES string of the molecule is Cc1cn2c(n1)CC[C@@H](NC(=O)c1cccc(-n3cnnn3)c1)C2. The molecule has 1 aromatic carbocycles. The van der Waals surface area contributed by atoms with E-state index in [4.69, 9.17) is 0 Å². The molecule has 8 heteroatoms. The molecule has 1 aliphatic heterocycles. The van der Waals surface area contributed by atoms with Gasteiger partial charge in [0.25, 0.3) is 5.91 Å². The maximum Gasteiger partial charge on any atom is 0.251 e. The molecule has 0 unspecified atom stereocenters. The molecule has 0 fully saturated rings. The van der Waals surface area contributed by atoms with Gasteiger partial charge >= 0.3 is 0 Å². The van der Waals surface area contributed by atoms with Crippen molar-refractivity contribution in [2.75, 3.05) is 0 Å². The molecular formula is C16H17N7O. The fourth-order valence-corrected chi connectivity index (χ4v) is 3.04. The molecule has 8 nitrogen and oxygen atoms in total. The van der Waals surface area contributed by atoms with Gasteiger partial charge in [0.05, 0.1) is 11.4 Å². The minimum absolute atomic E-state index is 0.0878. The van der Waals surface area contributed by atoms with Crippen LogP contribution >= 0.6 is 0 Å². The zero-order valence-corrected chi connectivity index (χ0v) is 13.3. The second-order valence-electron chi connectivity index (χ2n) is 5.96. The van der Waals surface area contributed by atoms with Crippen LogP contribution in [0.1, 0.15) is 28.3 Å². The minimum Gasteiger partial charge on any atom is -0.347 e. The first-order valence-electron chi connectivity index (χ1n) is 7.86. The molecule has 0 saturated carbocycles. The van der Waals surface area contributed by atoms with Crippen LogP contribution in [0.5, 0.6) is 0 Å². The predicted octanol–water partition coefficient (Wildman–Crippen LogP) is 0.912. The summed E-state index contributed by atoms with van der Waals surface area (Å²) >= 11 is 0. The second kappa shape index (κ2) is 5.88. The Morgan fingerprint density at radius 1 is 1.38 bits per heavy atom.